The van der Waals surface area contributed by atoms with Crippen LogP contribution in [0.15, 0.2) is 24.3 Å². The number of nitrogens with two attached hydrogens (primary N) is 1. The van der Waals surface area contributed by atoms with Gasteiger partial charge in [0, 0.05) is 5.56 Å². The Balaban J connectivity index is 2.84. The second-order valence-electron chi connectivity index (χ2n) is 2.53. The van der Waals surface area contributed by atoms with Crippen molar-refractivity contribution in [1.82, 2.24) is 0 Å². The third-order valence-electron chi connectivity index (χ3n) is 1.57. The molecule has 0 bridgehead atoms. The van der Waals surface area contributed by atoms with E-state index in [4.69, 9.17) is 5.73 Å². The predicted molar refractivity (Wildman–Crippen MR) is 46.5 cm³/mol. The molecular weight excluding hydrogens is 192 g/mol. The number of benzene rings is 1. The van der Waals surface area contributed by atoms with Crippen LogP contribution in [0.2, 0.25) is 0 Å². The lowest BCUT2D eigenvalue weighted by molar-refractivity contribution is -0.0498. The number of hydrogen-bond donors (Lipinski definition) is 1. The van der Waals surface area contributed by atoms with Gasteiger partial charge in [-0.1, -0.05) is 12.1 Å². The minimum atomic E-state index is -2.89. The van der Waals surface area contributed by atoms with E-state index < -0.39 is 6.61 Å². The topological polar surface area (TPSA) is 52.3 Å². The summed E-state index contributed by atoms with van der Waals surface area (Å²) >= 11 is 0. The molecule has 5 heteroatoms. The van der Waals surface area contributed by atoms with Crippen molar-refractivity contribution in [2.45, 2.75) is 6.61 Å². The van der Waals surface area contributed by atoms with Crippen LogP contribution in [-0.2, 0) is 0 Å². The number of carbonyl (C=O) groups is 1. The fraction of sp³-hybridized carbons (Fsp3) is 0.222. The van der Waals surface area contributed by atoms with Crippen LogP contribution in [0.25, 0.3) is 0 Å². The van der Waals surface area contributed by atoms with Crippen LogP contribution in [0.3, 0.4) is 0 Å². The monoisotopic (exact) mass is 201 g/mol. The molecule has 1 aromatic carbocycles. The number of alkyl halides is 2. The van der Waals surface area contributed by atoms with Gasteiger partial charge >= 0.3 is 6.61 Å². The molecule has 1 aromatic rings. The fourth-order valence-corrected chi connectivity index (χ4v) is 0.964. The van der Waals surface area contributed by atoms with E-state index in [1.807, 2.05) is 0 Å². The van der Waals surface area contributed by atoms with Gasteiger partial charge in [0.25, 0.3) is 0 Å². The number of rotatable bonds is 4. The first-order valence-electron chi connectivity index (χ1n) is 3.91. The summed E-state index contributed by atoms with van der Waals surface area (Å²) < 4.78 is 27.7. The molecule has 0 aliphatic carbocycles. The molecule has 2 N–H and O–H groups in total. The van der Waals surface area contributed by atoms with Crippen LogP contribution < -0.4 is 10.5 Å². The number of halogens is 2. The molecule has 0 heterocycles. The number of Topliss-reactive ketones (excluding diaryl/α,β-unsaturated/α-hetero) is 1. The summed E-state index contributed by atoms with van der Waals surface area (Å²) in [7, 11) is 0. The van der Waals surface area contributed by atoms with E-state index in [0.717, 1.165) is 0 Å². The molecule has 76 valence electrons. The van der Waals surface area contributed by atoms with Crippen molar-refractivity contribution in [1.29, 1.82) is 0 Å². The van der Waals surface area contributed by atoms with E-state index in [1.165, 1.54) is 24.3 Å². The quantitative estimate of drug-likeness (QED) is 0.749. The standard InChI is InChI=1S/C9H9F2NO2/c10-9(11)14-7-3-1-2-6(4-7)8(13)5-12/h1-4,9H,5,12H2. The van der Waals surface area contributed by atoms with Crippen LogP contribution in [0.1, 0.15) is 10.4 Å². The molecule has 0 aromatic heterocycles. The highest BCUT2D eigenvalue weighted by Gasteiger charge is 2.07. The predicted octanol–water partition coefficient (Wildman–Crippen LogP) is 1.43. The van der Waals surface area contributed by atoms with Crippen LogP contribution in [0, 0.1) is 0 Å². The van der Waals surface area contributed by atoms with Crippen molar-refractivity contribution in [3.8, 4) is 5.75 Å². The highest BCUT2D eigenvalue weighted by molar-refractivity contribution is 5.97. The molecule has 0 aliphatic heterocycles. The van der Waals surface area contributed by atoms with E-state index in [-0.39, 0.29) is 23.6 Å². The average molecular weight is 201 g/mol. The van der Waals surface area contributed by atoms with Crippen LogP contribution in [0.4, 0.5) is 8.78 Å². The van der Waals surface area contributed by atoms with Gasteiger partial charge in [0.05, 0.1) is 6.54 Å². The first kappa shape index (κ1) is 10.6. The third-order valence-corrected chi connectivity index (χ3v) is 1.57. The van der Waals surface area contributed by atoms with E-state index in [0.29, 0.717) is 0 Å². The van der Waals surface area contributed by atoms with Gasteiger partial charge in [-0.05, 0) is 12.1 Å². The molecule has 0 atom stereocenters. The molecule has 0 spiro atoms. The molecule has 1 rings (SSSR count). The first-order valence-corrected chi connectivity index (χ1v) is 3.91. The summed E-state index contributed by atoms with van der Waals surface area (Å²) in [5.41, 5.74) is 5.39. The minimum Gasteiger partial charge on any atom is -0.435 e. The second kappa shape index (κ2) is 4.66. The van der Waals surface area contributed by atoms with Crippen molar-refractivity contribution < 1.29 is 18.3 Å². The minimum absolute atomic E-state index is 0.0423. The molecule has 3 nitrogen and oxygen atoms in total. The largest absolute Gasteiger partial charge is 0.435 e. The summed E-state index contributed by atoms with van der Waals surface area (Å²) in [6.45, 7) is -3.05. The Morgan fingerprint density at radius 2 is 2.21 bits per heavy atom. The van der Waals surface area contributed by atoms with Crippen LogP contribution in [-0.4, -0.2) is 18.9 Å². The van der Waals surface area contributed by atoms with Crippen molar-refractivity contribution in [3.05, 3.63) is 29.8 Å². The van der Waals surface area contributed by atoms with Crippen molar-refractivity contribution in [3.63, 3.8) is 0 Å². The third kappa shape index (κ3) is 2.77. The van der Waals surface area contributed by atoms with Crippen molar-refractivity contribution >= 4 is 5.78 Å². The average Bonchev–Trinajstić information content (AvgIpc) is 2.16. The lowest BCUT2D eigenvalue weighted by atomic mass is 10.1. The van der Waals surface area contributed by atoms with Gasteiger partial charge in [0.2, 0.25) is 0 Å². The van der Waals surface area contributed by atoms with E-state index in [2.05, 4.69) is 4.74 Å². The lowest BCUT2D eigenvalue weighted by Crippen LogP contribution is -2.13. The Kier molecular flexibility index (Phi) is 3.53. The fourth-order valence-electron chi connectivity index (χ4n) is 0.964. The molecule has 0 saturated heterocycles. The van der Waals surface area contributed by atoms with Crippen molar-refractivity contribution in [2.75, 3.05) is 6.54 Å². The Labute approximate surface area is 79.5 Å². The Bertz CT molecular complexity index is 328. The molecule has 0 unspecified atom stereocenters. The number of carbonyl (C=O) groups excluding carboxylic acids is 1. The van der Waals surface area contributed by atoms with Crippen molar-refractivity contribution in [2.24, 2.45) is 5.73 Å². The molecule has 0 amide bonds. The summed E-state index contributed by atoms with van der Waals surface area (Å²) in [5, 5.41) is 0. The summed E-state index contributed by atoms with van der Waals surface area (Å²) in [5.74, 6) is -0.357. The summed E-state index contributed by atoms with van der Waals surface area (Å²) in [4.78, 5) is 11.1. The van der Waals surface area contributed by atoms with Gasteiger partial charge in [0.15, 0.2) is 5.78 Å². The van der Waals surface area contributed by atoms with Gasteiger partial charge in [-0.3, -0.25) is 4.79 Å². The van der Waals surface area contributed by atoms with Crippen LogP contribution in [0.5, 0.6) is 5.75 Å². The van der Waals surface area contributed by atoms with Gasteiger partial charge in [-0.2, -0.15) is 8.78 Å². The van der Waals surface area contributed by atoms with Crippen LogP contribution >= 0.6 is 0 Å². The highest BCUT2D eigenvalue weighted by atomic mass is 19.3. The lowest BCUT2D eigenvalue weighted by Gasteiger charge is -2.05. The molecule has 0 fully saturated rings. The molecule has 0 saturated carbocycles. The van der Waals surface area contributed by atoms with E-state index in [9.17, 15) is 13.6 Å². The van der Waals surface area contributed by atoms with Gasteiger partial charge in [-0.25, -0.2) is 0 Å². The molecule has 0 aliphatic rings. The zero-order chi connectivity index (χ0) is 10.6. The summed E-state index contributed by atoms with van der Waals surface area (Å²) in [6.07, 6.45) is 0. The number of ether oxygens (including phenoxy) is 1. The summed E-state index contributed by atoms with van der Waals surface area (Å²) in [6, 6.07) is 5.54. The molecular formula is C9H9F2NO2. The Morgan fingerprint density at radius 3 is 2.79 bits per heavy atom. The zero-order valence-corrected chi connectivity index (χ0v) is 7.24. The first-order chi connectivity index (χ1) is 6.63. The number of hydrogen-bond acceptors (Lipinski definition) is 3. The second-order valence-corrected chi connectivity index (χ2v) is 2.53. The van der Waals surface area contributed by atoms with Gasteiger partial charge < -0.3 is 10.5 Å². The molecule has 0 radical (unpaired) electrons. The Morgan fingerprint density at radius 1 is 1.50 bits per heavy atom. The number of ketones is 1. The Hall–Kier alpha value is -1.49. The smallest absolute Gasteiger partial charge is 0.387 e. The van der Waals surface area contributed by atoms with Gasteiger partial charge in [-0.15, -0.1) is 0 Å². The maximum Gasteiger partial charge on any atom is 0.387 e. The maximum atomic E-state index is 11.8. The highest BCUT2D eigenvalue weighted by Crippen LogP contribution is 2.15. The van der Waals surface area contributed by atoms with E-state index in [1.54, 1.807) is 0 Å². The maximum absolute atomic E-state index is 11.8. The molecule has 14 heavy (non-hydrogen) atoms. The van der Waals surface area contributed by atoms with Gasteiger partial charge in [0.1, 0.15) is 5.75 Å². The SMILES string of the molecule is NCC(=O)c1cccc(OC(F)F)c1. The zero-order valence-electron chi connectivity index (χ0n) is 7.24. The van der Waals surface area contributed by atoms with E-state index >= 15 is 0 Å². The normalized spacial score (nSPS) is 10.3.